The quantitative estimate of drug-likeness (QED) is 0.473. The Bertz CT molecular complexity index is 708. The van der Waals surface area contributed by atoms with Gasteiger partial charge in [-0.2, -0.15) is 0 Å². The van der Waals surface area contributed by atoms with Gasteiger partial charge in [-0.25, -0.2) is 4.79 Å². The maximum Gasteiger partial charge on any atom is 0.338 e. The number of carbonyl (C=O) groups is 1. The van der Waals surface area contributed by atoms with Gasteiger partial charge in [-0.05, 0) is 25.5 Å². The molecule has 115 valence electrons. The molecule has 0 atom stereocenters. The van der Waals surface area contributed by atoms with E-state index in [1.165, 1.54) is 0 Å². The van der Waals surface area contributed by atoms with Gasteiger partial charge in [0, 0.05) is 25.8 Å². The predicted octanol–water partition coefficient (Wildman–Crippen LogP) is 3.42. The van der Waals surface area contributed by atoms with Crippen molar-refractivity contribution in [1.82, 2.24) is 0 Å². The Morgan fingerprint density at radius 1 is 1.14 bits per heavy atom. The maximum atomic E-state index is 12.4. The fraction of sp³-hybridized carbons (Fsp3) is 0.222. The van der Waals surface area contributed by atoms with Crippen LogP contribution < -0.4 is 0 Å². The third kappa shape index (κ3) is 3.18. The summed E-state index contributed by atoms with van der Waals surface area (Å²) in [4.78, 5) is 17.1. The standard InChI is InChI=1S/C18H16NO2.Ir/c1-18(2)16(13-8-4-3-5-9-13)19-12-14-10-6-7-11-15(14)17(20)21-18;/h3-8,10-11H,12H2,1-2H3;/q-1;. The third-order valence-corrected chi connectivity index (χ3v) is 3.53. The summed E-state index contributed by atoms with van der Waals surface area (Å²) in [7, 11) is 0. The summed E-state index contributed by atoms with van der Waals surface area (Å²) in [5, 5.41) is 0. The molecule has 3 rings (SSSR count). The van der Waals surface area contributed by atoms with Crippen LogP contribution >= 0.6 is 0 Å². The van der Waals surface area contributed by atoms with E-state index in [2.05, 4.69) is 6.07 Å². The minimum absolute atomic E-state index is 0. The molecule has 0 aromatic heterocycles. The number of aliphatic imine (C=N–C) groups is 1. The molecule has 2 aromatic carbocycles. The molecule has 4 heteroatoms. The van der Waals surface area contributed by atoms with Crippen molar-refractivity contribution in [2.24, 2.45) is 4.99 Å². The van der Waals surface area contributed by atoms with E-state index < -0.39 is 5.60 Å². The Morgan fingerprint density at radius 3 is 2.59 bits per heavy atom. The van der Waals surface area contributed by atoms with Gasteiger partial charge in [-0.3, -0.25) is 0 Å². The van der Waals surface area contributed by atoms with Gasteiger partial charge < -0.3 is 9.73 Å². The van der Waals surface area contributed by atoms with Gasteiger partial charge >= 0.3 is 5.97 Å². The molecular weight excluding hydrogens is 454 g/mol. The first-order valence-corrected chi connectivity index (χ1v) is 6.91. The van der Waals surface area contributed by atoms with Crippen LogP contribution in [0.1, 0.15) is 35.3 Å². The molecule has 0 bridgehead atoms. The van der Waals surface area contributed by atoms with Gasteiger partial charge in [-0.15, -0.1) is 35.9 Å². The molecule has 3 nitrogen and oxygen atoms in total. The summed E-state index contributed by atoms with van der Waals surface area (Å²) in [6, 6.07) is 18.2. The van der Waals surface area contributed by atoms with Crippen LogP contribution in [-0.4, -0.2) is 17.3 Å². The van der Waals surface area contributed by atoms with E-state index in [-0.39, 0.29) is 26.1 Å². The van der Waals surface area contributed by atoms with Crippen molar-refractivity contribution >= 4 is 11.7 Å². The molecule has 1 aliphatic rings. The second-order valence-electron chi connectivity index (χ2n) is 5.50. The normalized spacial score (nSPS) is 16.3. The molecule has 0 N–H and O–H groups in total. The van der Waals surface area contributed by atoms with E-state index in [1.807, 2.05) is 56.3 Å². The third-order valence-electron chi connectivity index (χ3n) is 3.53. The number of esters is 1. The van der Waals surface area contributed by atoms with E-state index in [4.69, 9.17) is 9.73 Å². The van der Waals surface area contributed by atoms with Crippen molar-refractivity contribution < 1.29 is 29.6 Å². The molecule has 0 spiro atoms. The van der Waals surface area contributed by atoms with Crippen molar-refractivity contribution in [3.05, 3.63) is 71.3 Å². The van der Waals surface area contributed by atoms with Gasteiger partial charge in [0.25, 0.3) is 0 Å². The maximum absolute atomic E-state index is 12.4. The largest absolute Gasteiger partial charge is 0.459 e. The van der Waals surface area contributed by atoms with Crippen LogP contribution in [0.2, 0.25) is 0 Å². The molecule has 0 saturated carbocycles. The van der Waals surface area contributed by atoms with Crippen molar-refractivity contribution in [3.63, 3.8) is 0 Å². The van der Waals surface area contributed by atoms with Gasteiger partial charge in [0.15, 0.2) is 0 Å². The fourth-order valence-electron chi connectivity index (χ4n) is 2.50. The Hall–Kier alpha value is -1.77. The van der Waals surface area contributed by atoms with Gasteiger partial charge in [0.05, 0.1) is 12.1 Å². The van der Waals surface area contributed by atoms with Gasteiger partial charge in [0.2, 0.25) is 0 Å². The Balaban J connectivity index is 0.00000176. The smallest absolute Gasteiger partial charge is 0.338 e. The van der Waals surface area contributed by atoms with Crippen LogP contribution in [0.5, 0.6) is 0 Å². The van der Waals surface area contributed by atoms with Crippen molar-refractivity contribution in [1.29, 1.82) is 0 Å². The van der Waals surface area contributed by atoms with Crippen LogP contribution in [-0.2, 0) is 31.4 Å². The molecule has 1 aliphatic heterocycles. The number of nitrogens with zero attached hydrogens (tertiary/aromatic N) is 1. The van der Waals surface area contributed by atoms with Gasteiger partial charge in [0.1, 0.15) is 5.60 Å². The summed E-state index contributed by atoms with van der Waals surface area (Å²) < 4.78 is 5.68. The molecule has 1 heterocycles. The monoisotopic (exact) mass is 471 g/mol. The number of fused-ring (bicyclic) bond motifs is 1. The van der Waals surface area contributed by atoms with E-state index in [1.54, 1.807) is 6.07 Å². The molecule has 22 heavy (non-hydrogen) atoms. The number of rotatable bonds is 1. The average molecular weight is 471 g/mol. The molecule has 0 saturated heterocycles. The van der Waals surface area contributed by atoms with Crippen molar-refractivity contribution in [3.8, 4) is 0 Å². The number of hydrogen-bond acceptors (Lipinski definition) is 3. The first kappa shape index (κ1) is 16.6. The zero-order valence-corrected chi connectivity index (χ0v) is 14.8. The number of ether oxygens (including phenoxy) is 1. The molecule has 0 fully saturated rings. The zero-order valence-electron chi connectivity index (χ0n) is 12.4. The molecule has 0 aliphatic carbocycles. The zero-order chi connectivity index (χ0) is 14.9. The summed E-state index contributed by atoms with van der Waals surface area (Å²) in [6.45, 7) is 4.18. The second kappa shape index (κ2) is 6.55. The molecule has 0 unspecified atom stereocenters. The predicted molar refractivity (Wildman–Crippen MR) is 81.5 cm³/mol. The van der Waals surface area contributed by atoms with E-state index in [0.29, 0.717) is 12.1 Å². The molecule has 1 radical (unpaired) electrons. The number of benzene rings is 2. The van der Waals surface area contributed by atoms with Crippen LogP contribution in [0.15, 0.2) is 53.5 Å². The Kier molecular flexibility index (Phi) is 4.94. The molecular formula is C18H16IrNO2-. The topological polar surface area (TPSA) is 38.7 Å². The minimum Gasteiger partial charge on any atom is -0.459 e. The van der Waals surface area contributed by atoms with Crippen LogP contribution in [0, 0.1) is 6.07 Å². The summed E-state index contributed by atoms with van der Waals surface area (Å²) >= 11 is 0. The second-order valence-corrected chi connectivity index (χ2v) is 5.50. The average Bonchev–Trinajstić information content (AvgIpc) is 2.47. The Morgan fingerprint density at radius 2 is 1.86 bits per heavy atom. The van der Waals surface area contributed by atoms with Crippen molar-refractivity contribution in [2.45, 2.75) is 26.0 Å². The van der Waals surface area contributed by atoms with E-state index >= 15 is 0 Å². The first-order valence-electron chi connectivity index (χ1n) is 6.91. The summed E-state index contributed by atoms with van der Waals surface area (Å²) in [5.74, 6) is -0.307. The minimum atomic E-state index is -0.789. The molecule has 0 amide bonds. The van der Waals surface area contributed by atoms with E-state index in [9.17, 15) is 4.79 Å². The van der Waals surface area contributed by atoms with Crippen molar-refractivity contribution in [2.75, 3.05) is 0 Å². The summed E-state index contributed by atoms with van der Waals surface area (Å²) in [5.41, 5.74) is 2.28. The number of cyclic esters (lactones) is 1. The van der Waals surface area contributed by atoms with Crippen LogP contribution in [0.4, 0.5) is 0 Å². The molecule has 2 aromatic rings. The van der Waals surface area contributed by atoms with Crippen LogP contribution in [0.3, 0.4) is 0 Å². The number of hydrogen-bond donors (Lipinski definition) is 0. The Labute approximate surface area is 143 Å². The number of carbonyl (C=O) groups excluding carboxylic acids is 1. The van der Waals surface area contributed by atoms with Gasteiger partial charge in [-0.1, -0.05) is 18.2 Å². The van der Waals surface area contributed by atoms with E-state index in [0.717, 1.165) is 16.8 Å². The first-order chi connectivity index (χ1) is 10.1. The SMILES string of the molecule is CC1(C)OC(=O)c2ccccc2CN=C1c1[c-]cccc1.[Ir]. The summed E-state index contributed by atoms with van der Waals surface area (Å²) in [6.07, 6.45) is 0. The fourth-order valence-corrected chi connectivity index (χ4v) is 2.50. The van der Waals surface area contributed by atoms with Crippen LogP contribution in [0.25, 0.3) is 0 Å².